The van der Waals surface area contributed by atoms with E-state index in [1.54, 1.807) is 11.1 Å². The molecule has 2 aliphatic heterocycles. The van der Waals surface area contributed by atoms with E-state index in [2.05, 4.69) is 46.4 Å². The van der Waals surface area contributed by atoms with Crippen LogP contribution in [0.3, 0.4) is 0 Å². The number of carbonyl (C=O) groups is 2. The summed E-state index contributed by atoms with van der Waals surface area (Å²) in [5.74, 6) is -0.172. The van der Waals surface area contributed by atoms with Gasteiger partial charge < -0.3 is 4.98 Å². The highest BCUT2D eigenvalue weighted by Crippen LogP contribution is 2.46. The second-order valence-corrected chi connectivity index (χ2v) is 9.57. The van der Waals surface area contributed by atoms with Gasteiger partial charge in [0.05, 0.1) is 12.2 Å². The Morgan fingerprint density at radius 1 is 0.838 bits per heavy atom. The molecule has 1 fully saturated rings. The minimum absolute atomic E-state index is 0.160. The van der Waals surface area contributed by atoms with Crippen LogP contribution in [0.1, 0.15) is 28.6 Å². The zero-order chi connectivity index (χ0) is 24.9. The van der Waals surface area contributed by atoms with Gasteiger partial charge in [-0.1, -0.05) is 78.9 Å². The monoisotopic (exact) mass is 484 g/mol. The molecule has 2 atom stereocenters. The topological polar surface area (TPSA) is 69.3 Å². The lowest BCUT2D eigenvalue weighted by Crippen LogP contribution is -2.44. The van der Waals surface area contributed by atoms with Gasteiger partial charge in [-0.2, -0.15) is 0 Å². The summed E-state index contributed by atoms with van der Waals surface area (Å²) in [4.78, 5) is 38.9. The molecule has 0 radical (unpaired) electrons. The van der Waals surface area contributed by atoms with Gasteiger partial charge >= 0.3 is 6.03 Å². The fourth-order valence-electron chi connectivity index (χ4n) is 5.87. The first-order chi connectivity index (χ1) is 18.2. The summed E-state index contributed by atoms with van der Waals surface area (Å²) >= 11 is 0. The average molecular weight is 485 g/mol. The van der Waals surface area contributed by atoms with Crippen LogP contribution in [-0.4, -0.2) is 37.7 Å². The average Bonchev–Trinajstić information content (AvgIpc) is 3.44. The van der Waals surface area contributed by atoms with Gasteiger partial charge in [0.25, 0.3) is 5.91 Å². The zero-order valence-electron chi connectivity index (χ0n) is 20.0. The molecule has 0 saturated carbocycles. The third-order valence-corrected chi connectivity index (χ3v) is 7.52. The molecule has 2 aliphatic rings. The van der Waals surface area contributed by atoms with Crippen LogP contribution in [0, 0.1) is 0 Å². The zero-order valence-corrected chi connectivity index (χ0v) is 20.0. The SMILES string of the molecule is O=C1C2Cc3c([nH]c4ccccc34)C(c3ccccc3-c3ccccc3)N2C(=O)N1Cc1ccccn1. The molecule has 5 aromatic rings. The number of imide groups is 1. The summed E-state index contributed by atoms with van der Waals surface area (Å²) < 4.78 is 0. The standard InChI is InChI=1S/C31H24N4O2/c36-30-27-18-25-23-14-6-7-16-26(23)33-28(25)29(24-15-5-4-13-22(24)20-10-2-1-3-11-20)35(27)31(37)34(30)19-21-12-8-9-17-32-21/h1-17,27,29,33H,18-19H2. The predicted molar refractivity (Wildman–Crippen MR) is 142 cm³/mol. The van der Waals surface area contributed by atoms with E-state index >= 15 is 0 Å². The van der Waals surface area contributed by atoms with Crippen LogP contribution in [0.5, 0.6) is 0 Å². The van der Waals surface area contributed by atoms with E-state index in [0.717, 1.165) is 38.9 Å². The van der Waals surface area contributed by atoms with E-state index in [4.69, 9.17) is 0 Å². The number of hydrogen-bond donors (Lipinski definition) is 1. The molecule has 2 unspecified atom stereocenters. The molecule has 1 N–H and O–H groups in total. The maximum absolute atomic E-state index is 14.0. The minimum atomic E-state index is -0.572. The molecule has 6 heteroatoms. The van der Waals surface area contributed by atoms with Crippen LogP contribution in [0.4, 0.5) is 4.79 Å². The van der Waals surface area contributed by atoms with Crippen molar-refractivity contribution in [3.63, 3.8) is 0 Å². The van der Waals surface area contributed by atoms with E-state index < -0.39 is 12.1 Å². The Hall–Kier alpha value is -4.71. The lowest BCUT2D eigenvalue weighted by molar-refractivity contribution is -0.129. The summed E-state index contributed by atoms with van der Waals surface area (Å²) in [7, 11) is 0. The van der Waals surface area contributed by atoms with Crippen LogP contribution in [0.25, 0.3) is 22.0 Å². The van der Waals surface area contributed by atoms with Crippen LogP contribution in [0.2, 0.25) is 0 Å². The van der Waals surface area contributed by atoms with Crippen LogP contribution < -0.4 is 0 Å². The van der Waals surface area contributed by atoms with Crippen molar-refractivity contribution in [3.05, 3.63) is 126 Å². The van der Waals surface area contributed by atoms with Crippen molar-refractivity contribution < 1.29 is 9.59 Å². The molecule has 2 aromatic heterocycles. The first kappa shape index (κ1) is 21.6. The predicted octanol–water partition coefficient (Wildman–Crippen LogP) is 5.71. The van der Waals surface area contributed by atoms with Crippen molar-refractivity contribution in [1.29, 1.82) is 0 Å². The molecule has 7 rings (SSSR count). The van der Waals surface area contributed by atoms with E-state index in [-0.39, 0.29) is 18.5 Å². The molecule has 180 valence electrons. The molecule has 0 aliphatic carbocycles. The Labute approximate surface area is 214 Å². The summed E-state index contributed by atoms with van der Waals surface area (Å²) in [6.07, 6.45) is 2.16. The summed E-state index contributed by atoms with van der Waals surface area (Å²) in [5.41, 5.74) is 6.89. The number of aromatic amines is 1. The molecule has 4 heterocycles. The second-order valence-electron chi connectivity index (χ2n) is 9.57. The van der Waals surface area contributed by atoms with Crippen molar-refractivity contribution in [2.45, 2.75) is 25.0 Å². The fourth-order valence-corrected chi connectivity index (χ4v) is 5.87. The highest BCUT2D eigenvalue weighted by atomic mass is 16.2. The number of nitrogens with one attached hydrogen (secondary N) is 1. The van der Waals surface area contributed by atoms with Crippen molar-refractivity contribution >= 4 is 22.8 Å². The number of urea groups is 1. The van der Waals surface area contributed by atoms with Crippen molar-refractivity contribution in [1.82, 2.24) is 19.8 Å². The number of amides is 3. The van der Waals surface area contributed by atoms with Gasteiger partial charge in [-0.05, 0) is 40.5 Å². The summed E-state index contributed by atoms with van der Waals surface area (Å²) in [6, 6.07) is 30.8. The summed E-state index contributed by atoms with van der Waals surface area (Å²) in [5, 5.41) is 1.10. The Bertz CT molecular complexity index is 1640. The third-order valence-electron chi connectivity index (χ3n) is 7.52. The van der Waals surface area contributed by atoms with E-state index in [1.807, 2.05) is 60.7 Å². The van der Waals surface area contributed by atoms with Crippen LogP contribution in [0.15, 0.2) is 103 Å². The molecule has 0 bridgehead atoms. The Kier molecular flexibility index (Phi) is 4.92. The largest absolute Gasteiger partial charge is 0.356 e. The molecule has 3 aromatic carbocycles. The normalized spacial score (nSPS) is 18.8. The maximum atomic E-state index is 14.0. The Morgan fingerprint density at radius 2 is 1.59 bits per heavy atom. The van der Waals surface area contributed by atoms with Gasteiger partial charge in [0.15, 0.2) is 0 Å². The highest BCUT2D eigenvalue weighted by Gasteiger charge is 2.52. The van der Waals surface area contributed by atoms with E-state index in [9.17, 15) is 9.59 Å². The van der Waals surface area contributed by atoms with Gasteiger partial charge in [0.1, 0.15) is 12.1 Å². The highest BCUT2D eigenvalue weighted by molar-refractivity contribution is 6.06. The third kappa shape index (κ3) is 3.37. The number of carbonyl (C=O) groups excluding carboxylic acids is 2. The number of fused-ring (bicyclic) bond motifs is 4. The van der Waals surface area contributed by atoms with Crippen molar-refractivity contribution in [2.24, 2.45) is 0 Å². The number of benzene rings is 3. The number of rotatable bonds is 4. The lowest BCUT2D eigenvalue weighted by atomic mass is 9.85. The number of H-pyrrole nitrogens is 1. The molecule has 3 amide bonds. The Balaban J connectivity index is 1.42. The molecule has 37 heavy (non-hydrogen) atoms. The second kappa shape index (κ2) is 8.45. The minimum Gasteiger partial charge on any atom is -0.356 e. The number of nitrogens with zero attached hydrogens (tertiary/aromatic N) is 3. The van der Waals surface area contributed by atoms with Crippen molar-refractivity contribution in [3.8, 4) is 11.1 Å². The number of para-hydroxylation sites is 1. The van der Waals surface area contributed by atoms with Crippen molar-refractivity contribution in [2.75, 3.05) is 0 Å². The molecular weight excluding hydrogens is 460 g/mol. The molecule has 1 saturated heterocycles. The van der Waals surface area contributed by atoms with E-state index in [0.29, 0.717) is 12.1 Å². The summed E-state index contributed by atoms with van der Waals surface area (Å²) in [6.45, 7) is 0.160. The number of aromatic nitrogens is 2. The first-order valence-electron chi connectivity index (χ1n) is 12.5. The van der Waals surface area contributed by atoms with Gasteiger partial charge in [0.2, 0.25) is 0 Å². The smallest absolute Gasteiger partial charge is 0.328 e. The quantitative estimate of drug-likeness (QED) is 0.332. The first-order valence-corrected chi connectivity index (χ1v) is 12.5. The van der Waals surface area contributed by atoms with Gasteiger partial charge in [-0.3, -0.25) is 19.6 Å². The Morgan fingerprint density at radius 3 is 2.43 bits per heavy atom. The number of pyridine rings is 1. The van der Waals surface area contributed by atoms with E-state index in [1.165, 1.54) is 4.90 Å². The fraction of sp³-hybridized carbons (Fsp3) is 0.129. The lowest BCUT2D eigenvalue weighted by Gasteiger charge is -2.37. The number of hydrogen-bond acceptors (Lipinski definition) is 3. The van der Waals surface area contributed by atoms with Gasteiger partial charge in [-0.15, -0.1) is 0 Å². The van der Waals surface area contributed by atoms with Crippen LogP contribution in [-0.2, 0) is 17.8 Å². The maximum Gasteiger partial charge on any atom is 0.328 e. The molecular formula is C31H24N4O2. The van der Waals surface area contributed by atoms with Gasteiger partial charge in [-0.25, -0.2) is 4.79 Å². The van der Waals surface area contributed by atoms with Crippen LogP contribution >= 0.6 is 0 Å². The molecule has 0 spiro atoms. The van der Waals surface area contributed by atoms with Gasteiger partial charge in [0, 0.05) is 29.2 Å². The molecule has 6 nitrogen and oxygen atoms in total.